The number of pyridine rings is 1. The Morgan fingerprint density at radius 3 is 2.44 bits per heavy atom. The Bertz CT molecular complexity index is 1210. The van der Waals surface area contributed by atoms with Crippen LogP contribution in [0.2, 0.25) is 0 Å². The topological polar surface area (TPSA) is 130 Å². The molecule has 1 aromatic heterocycles. The van der Waals surface area contributed by atoms with Crippen LogP contribution in [-0.4, -0.2) is 59.4 Å². The van der Waals surface area contributed by atoms with Crippen LogP contribution in [0.4, 0.5) is 10.6 Å². The van der Waals surface area contributed by atoms with Crippen molar-refractivity contribution < 1.29 is 23.9 Å². The Labute approximate surface area is 209 Å². The number of carbonyl (C=O) groups excluding carboxylic acids is 4. The minimum atomic E-state index is -1.21. The zero-order valence-electron chi connectivity index (χ0n) is 21.0. The largest absolute Gasteiger partial charge is 0.467 e. The van der Waals surface area contributed by atoms with E-state index in [-0.39, 0.29) is 17.9 Å². The van der Waals surface area contributed by atoms with E-state index in [0.29, 0.717) is 29.9 Å². The lowest BCUT2D eigenvalue weighted by atomic mass is 9.79. The van der Waals surface area contributed by atoms with Crippen LogP contribution in [0.15, 0.2) is 36.5 Å². The second kappa shape index (κ2) is 9.60. The fourth-order valence-electron chi connectivity index (χ4n) is 5.04. The molecule has 4 rings (SSSR count). The molecule has 0 spiro atoms. The summed E-state index contributed by atoms with van der Waals surface area (Å²) >= 11 is 0. The number of ether oxygens (including phenoxy) is 1. The van der Waals surface area contributed by atoms with Crippen LogP contribution in [0.25, 0.3) is 0 Å². The normalized spacial score (nSPS) is 23.4. The van der Waals surface area contributed by atoms with Gasteiger partial charge in [-0.3, -0.25) is 14.9 Å². The first-order chi connectivity index (χ1) is 17.1. The number of aromatic nitrogens is 1. The van der Waals surface area contributed by atoms with E-state index in [4.69, 9.17) is 4.74 Å². The molecule has 1 unspecified atom stereocenters. The first-order valence-electron chi connectivity index (χ1n) is 11.9. The zero-order valence-corrected chi connectivity index (χ0v) is 21.0. The molecule has 3 atom stereocenters. The number of benzene rings is 1. The first-order valence-corrected chi connectivity index (χ1v) is 11.9. The molecular formula is C26H31N5O5. The fourth-order valence-corrected chi connectivity index (χ4v) is 5.04. The van der Waals surface area contributed by atoms with Gasteiger partial charge in [0.25, 0.3) is 11.8 Å². The molecular weight excluding hydrogens is 462 g/mol. The van der Waals surface area contributed by atoms with Gasteiger partial charge in [-0.1, -0.05) is 32.0 Å². The van der Waals surface area contributed by atoms with Crippen LogP contribution in [0.1, 0.15) is 47.3 Å². The maximum absolute atomic E-state index is 13.5. The highest BCUT2D eigenvalue weighted by Crippen LogP contribution is 2.33. The van der Waals surface area contributed by atoms with Gasteiger partial charge in [0.1, 0.15) is 17.4 Å². The first kappa shape index (κ1) is 25.2. The molecule has 0 radical (unpaired) electrons. The summed E-state index contributed by atoms with van der Waals surface area (Å²) in [6, 6.07) is 7.08. The molecule has 2 fully saturated rings. The van der Waals surface area contributed by atoms with Crippen LogP contribution in [0.3, 0.4) is 0 Å². The Morgan fingerprint density at radius 1 is 1.19 bits per heavy atom. The second-order valence-corrected chi connectivity index (χ2v) is 9.70. The summed E-state index contributed by atoms with van der Waals surface area (Å²) in [5.41, 5.74) is 1.75. The van der Waals surface area contributed by atoms with E-state index >= 15 is 0 Å². The van der Waals surface area contributed by atoms with Gasteiger partial charge in [-0.15, -0.1) is 0 Å². The van der Waals surface area contributed by atoms with Gasteiger partial charge in [0.05, 0.1) is 7.11 Å². The molecule has 2 saturated heterocycles. The monoisotopic (exact) mass is 493 g/mol. The minimum Gasteiger partial charge on any atom is -0.467 e. The summed E-state index contributed by atoms with van der Waals surface area (Å²) in [6.45, 7) is 7.90. The predicted molar refractivity (Wildman–Crippen MR) is 132 cm³/mol. The van der Waals surface area contributed by atoms with E-state index in [0.717, 1.165) is 11.1 Å². The van der Waals surface area contributed by atoms with Crippen molar-refractivity contribution in [3.63, 3.8) is 0 Å². The molecule has 4 amide bonds. The molecule has 3 N–H and O–H groups in total. The summed E-state index contributed by atoms with van der Waals surface area (Å²) in [7, 11) is 1.30. The molecule has 2 aliphatic heterocycles. The van der Waals surface area contributed by atoms with Crippen molar-refractivity contribution >= 4 is 29.6 Å². The van der Waals surface area contributed by atoms with Crippen molar-refractivity contribution in [2.45, 2.75) is 51.7 Å². The molecule has 36 heavy (non-hydrogen) atoms. The molecule has 190 valence electrons. The molecule has 2 aromatic rings. The Kier molecular flexibility index (Phi) is 6.71. The number of nitrogens with one attached hydrogen (secondary N) is 3. The van der Waals surface area contributed by atoms with Gasteiger partial charge in [0.15, 0.2) is 0 Å². The van der Waals surface area contributed by atoms with Crippen molar-refractivity contribution in [2.75, 3.05) is 19.0 Å². The number of carbonyl (C=O) groups is 4. The number of esters is 1. The van der Waals surface area contributed by atoms with E-state index in [9.17, 15) is 19.2 Å². The zero-order chi connectivity index (χ0) is 26.2. The number of urea groups is 1. The molecule has 10 heteroatoms. The van der Waals surface area contributed by atoms with E-state index < -0.39 is 29.5 Å². The van der Waals surface area contributed by atoms with Crippen LogP contribution in [-0.2, 0) is 19.9 Å². The number of hydrogen-bond acceptors (Lipinski definition) is 7. The van der Waals surface area contributed by atoms with Gasteiger partial charge in [0, 0.05) is 30.8 Å². The van der Waals surface area contributed by atoms with Crippen molar-refractivity contribution in [1.82, 2.24) is 20.5 Å². The van der Waals surface area contributed by atoms with Crippen LogP contribution in [0.5, 0.6) is 0 Å². The SMILES string of the molecule is COC(=O)[C@@H]1C[C@H](Nc2ncc(C)cc2C)CN1C(=O)c1ccc(C2(C(C)C)NC(=O)NC2=O)cc1. The molecule has 0 aliphatic carbocycles. The average Bonchev–Trinajstić information content (AvgIpc) is 3.40. The highest BCUT2D eigenvalue weighted by molar-refractivity contribution is 6.07. The summed E-state index contributed by atoms with van der Waals surface area (Å²) in [4.78, 5) is 56.5. The number of likely N-dealkylation sites (tertiary alicyclic amines) is 1. The van der Waals surface area contributed by atoms with E-state index in [1.165, 1.54) is 12.0 Å². The smallest absolute Gasteiger partial charge is 0.328 e. The third kappa shape index (κ3) is 4.38. The van der Waals surface area contributed by atoms with Crippen molar-refractivity contribution in [1.29, 1.82) is 0 Å². The van der Waals surface area contributed by atoms with E-state index in [1.807, 2.05) is 33.8 Å². The molecule has 10 nitrogen and oxygen atoms in total. The number of hydrogen-bond donors (Lipinski definition) is 3. The molecule has 0 bridgehead atoms. The van der Waals surface area contributed by atoms with Crippen LogP contribution >= 0.6 is 0 Å². The lowest BCUT2D eigenvalue weighted by Crippen LogP contribution is -2.48. The number of imide groups is 1. The van der Waals surface area contributed by atoms with Crippen molar-refractivity contribution in [2.24, 2.45) is 5.92 Å². The third-order valence-electron chi connectivity index (χ3n) is 6.94. The number of nitrogens with zero attached hydrogens (tertiary/aromatic N) is 2. The van der Waals surface area contributed by atoms with Gasteiger partial charge in [0.2, 0.25) is 0 Å². The van der Waals surface area contributed by atoms with Gasteiger partial charge in [-0.05, 0) is 48.6 Å². The second-order valence-electron chi connectivity index (χ2n) is 9.70. The Morgan fingerprint density at radius 2 is 1.89 bits per heavy atom. The minimum absolute atomic E-state index is 0.187. The van der Waals surface area contributed by atoms with Gasteiger partial charge < -0.3 is 20.3 Å². The maximum Gasteiger partial charge on any atom is 0.328 e. The lowest BCUT2D eigenvalue weighted by Gasteiger charge is -2.31. The van der Waals surface area contributed by atoms with E-state index in [2.05, 4.69) is 20.9 Å². The van der Waals surface area contributed by atoms with E-state index in [1.54, 1.807) is 30.5 Å². The van der Waals surface area contributed by atoms with Crippen LogP contribution in [0, 0.1) is 19.8 Å². The number of aryl methyl sites for hydroxylation is 2. The summed E-state index contributed by atoms with van der Waals surface area (Å²) in [6.07, 6.45) is 2.15. The third-order valence-corrected chi connectivity index (χ3v) is 6.94. The molecule has 1 aromatic carbocycles. The predicted octanol–water partition coefficient (Wildman–Crippen LogP) is 2.26. The number of anilines is 1. The summed E-state index contributed by atoms with van der Waals surface area (Å²) < 4.78 is 4.98. The van der Waals surface area contributed by atoms with Gasteiger partial charge in [-0.25, -0.2) is 14.6 Å². The molecule has 3 heterocycles. The summed E-state index contributed by atoms with van der Waals surface area (Å²) in [5, 5.41) is 8.39. The highest BCUT2D eigenvalue weighted by atomic mass is 16.5. The average molecular weight is 494 g/mol. The standard InChI is InChI=1S/C26H31N5O5/c1-14(2)26(24(34)29-25(35)30-26)18-8-6-17(7-9-18)22(32)31-13-19(11-20(31)23(33)36-5)28-21-16(4)10-15(3)12-27-21/h6-10,12,14,19-20H,11,13H2,1-5H3,(H,27,28)(H2,29,30,34,35)/t19-,20-,26?/m0/s1. The quantitative estimate of drug-likeness (QED) is 0.416. The fraction of sp³-hybridized carbons (Fsp3) is 0.423. The molecule has 0 saturated carbocycles. The van der Waals surface area contributed by atoms with Crippen LogP contribution < -0.4 is 16.0 Å². The van der Waals surface area contributed by atoms with Crippen molar-refractivity contribution in [3.8, 4) is 0 Å². The number of amides is 4. The Hall–Kier alpha value is -3.95. The lowest BCUT2D eigenvalue weighted by molar-refractivity contribution is -0.145. The summed E-state index contributed by atoms with van der Waals surface area (Å²) in [5.74, 6) is -0.752. The maximum atomic E-state index is 13.5. The Balaban J connectivity index is 1.57. The number of methoxy groups -OCH3 is 1. The highest BCUT2D eigenvalue weighted by Gasteiger charge is 2.50. The van der Waals surface area contributed by atoms with Gasteiger partial charge >= 0.3 is 12.0 Å². The van der Waals surface area contributed by atoms with Gasteiger partial charge in [-0.2, -0.15) is 0 Å². The number of rotatable bonds is 6. The molecule has 2 aliphatic rings. The van der Waals surface area contributed by atoms with Crippen molar-refractivity contribution in [3.05, 3.63) is 58.8 Å².